The Labute approximate surface area is 265 Å². The molecule has 1 saturated carbocycles. The largest absolute Gasteiger partial charge is 0.493 e. The molecule has 0 unspecified atom stereocenters. The van der Waals surface area contributed by atoms with E-state index in [0.717, 1.165) is 42.0 Å². The molecule has 4 rings (SSSR count). The van der Waals surface area contributed by atoms with Gasteiger partial charge in [-0.25, -0.2) is 8.42 Å². The summed E-state index contributed by atoms with van der Waals surface area (Å²) in [7, 11) is -1.39. The van der Waals surface area contributed by atoms with Gasteiger partial charge in [0, 0.05) is 23.7 Å². The number of carbonyl (C=O) groups is 2. The fraction of sp³-hybridized carbons (Fsp3) is 0.394. The van der Waals surface area contributed by atoms with Crippen molar-refractivity contribution in [3.63, 3.8) is 0 Å². The molecule has 1 N–H and O–H groups in total. The first-order chi connectivity index (χ1) is 21.0. The van der Waals surface area contributed by atoms with Gasteiger partial charge in [0.1, 0.15) is 12.6 Å². The number of nitrogens with one attached hydrogen (secondary N) is 1. The van der Waals surface area contributed by atoms with Gasteiger partial charge in [0.05, 0.1) is 24.8 Å². The first-order valence-electron chi connectivity index (χ1n) is 14.7. The SMILES string of the molecule is COc1ccc(S(=O)(=O)N(CC(=O)N(Cc2cccc(Cl)c2)[C@H](C)C(=O)NC2CCCCC2)c2ccc(C)cc2)cc1OC. The Morgan fingerprint density at radius 3 is 2.27 bits per heavy atom. The van der Waals surface area contributed by atoms with Crippen molar-refractivity contribution >= 4 is 39.1 Å². The van der Waals surface area contributed by atoms with Gasteiger partial charge in [-0.2, -0.15) is 0 Å². The molecule has 1 aliphatic rings. The Bertz CT molecular complexity index is 1560. The summed E-state index contributed by atoms with van der Waals surface area (Å²) in [4.78, 5) is 29.0. The Morgan fingerprint density at radius 1 is 0.955 bits per heavy atom. The molecule has 11 heteroatoms. The van der Waals surface area contributed by atoms with Crippen LogP contribution in [-0.2, 0) is 26.2 Å². The Kier molecular flexibility index (Phi) is 11.2. The number of benzene rings is 3. The predicted octanol–water partition coefficient (Wildman–Crippen LogP) is 5.73. The van der Waals surface area contributed by atoms with E-state index in [-0.39, 0.29) is 29.1 Å². The molecular formula is C33H40ClN3O6S. The maximum absolute atomic E-state index is 14.2. The van der Waals surface area contributed by atoms with Gasteiger partial charge in [0.15, 0.2) is 11.5 Å². The zero-order chi connectivity index (χ0) is 31.9. The van der Waals surface area contributed by atoms with Gasteiger partial charge in [-0.05, 0) is 68.7 Å². The molecule has 0 radical (unpaired) electrons. The first kappa shape index (κ1) is 33.1. The van der Waals surface area contributed by atoms with Crippen LogP contribution in [0.3, 0.4) is 0 Å². The number of anilines is 1. The van der Waals surface area contributed by atoms with Crippen LogP contribution in [0.15, 0.2) is 71.6 Å². The lowest BCUT2D eigenvalue weighted by Gasteiger charge is -2.33. The number of amides is 2. The van der Waals surface area contributed by atoms with Gasteiger partial charge in [-0.1, -0.05) is 60.7 Å². The molecule has 0 bridgehead atoms. The maximum atomic E-state index is 14.2. The number of rotatable bonds is 12. The summed E-state index contributed by atoms with van der Waals surface area (Å²) in [6, 6.07) is 17.4. The second-order valence-corrected chi connectivity index (χ2v) is 13.3. The van der Waals surface area contributed by atoms with Crippen molar-refractivity contribution in [2.24, 2.45) is 0 Å². The lowest BCUT2D eigenvalue weighted by Crippen LogP contribution is -2.53. The number of nitrogens with zero attached hydrogens (tertiary/aromatic N) is 2. The summed E-state index contributed by atoms with van der Waals surface area (Å²) >= 11 is 6.24. The van der Waals surface area contributed by atoms with E-state index in [2.05, 4.69) is 5.32 Å². The van der Waals surface area contributed by atoms with Crippen molar-refractivity contribution in [1.29, 1.82) is 0 Å². The van der Waals surface area contributed by atoms with Gasteiger partial charge in [0.2, 0.25) is 11.8 Å². The highest BCUT2D eigenvalue weighted by molar-refractivity contribution is 7.92. The normalized spacial score (nSPS) is 14.4. The third-order valence-corrected chi connectivity index (χ3v) is 9.91. The average Bonchev–Trinajstić information content (AvgIpc) is 3.02. The summed E-state index contributed by atoms with van der Waals surface area (Å²) in [6.45, 7) is 3.08. The second-order valence-electron chi connectivity index (χ2n) is 11.0. The molecule has 0 heterocycles. The monoisotopic (exact) mass is 641 g/mol. The summed E-state index contributed by atoms with van der Waals surface area (Å²) in [5.41, 5.74) is 1.95. The standard InChI is InChI=1S/C33H40ClN3O6S/c1-23-13-15-28(16-14-23)37(44(40,41)29-17-18-30(42-3)31(20-29)43-4)22-32(38)36(21-25-9-8-10-26(34)19-25)24(2)33(39)35-27-11-6-5-7-12-27/h8-10,13-20,24,27H,5-7,11-12,21-22H2,1-4H3,(H,35,39)/t24-/m1/s1. The minimum atomic E-state index is -4.27. The van der Waals surface area contributed by atoms with Crippen molar-refractivity contribution in [1.82, 2.24) is 10.2 Å². The predicted molar refractivity (Wildman–Crippen MR) is 172 cm³/mol. The summed E-state index contributed by atoms with van der Waals surface area (Å²) in [5, 5.41) is 3.60. The zero-order valence-corrected chi connectivity index (χ0v) is 27.2. The van der Waals surface area contributed by atoms with Crippen molar-refractivity contribution in [3.8, 4) is 11.5 Å². The molecule has 3 aromatic rings. The zero-order valence-electron chi connectivity index (χ0n) is 25.6. The molecule has 0 spiro atoms. The van der Waals surface area contributed by atoms with Gasteiger partial charge < -0.3 is 19.7 Å². The van der Waals surface area contributed by atoms with E-state index in [1.54, 1.807) is 49.4 Å². The molecular weight excluding hydrogens is 602 g/mol. The molecule has 236 valence electrons. The topological polar surface area (TPSA) is 105 Å². The van der Waals surface area contributed by atoms with Crippen molar-refractivity contribution in [3.05, 3.63) is 82.9 Å². The highest BCUT2D eigenvalue weighted by Crippen LogP contribution is 2.32. The van der Waals surface area contributed by atoms with Crippen LogP contribution in [0.25, 0.3) is 0 Å². The van der Waals surface area contributed by atoms with Gasteiger partial charge in [-0.15, -0.1) is 0 Å². The average molecular weight is 642 g/mol. The lowest BCUT2D eigenvalue weighted by atomic mass is 9.95. The molecule has 3 aromatic carbocycles. The number of carbonyl (C=O) groups excluding carboxylic acids is 2. The highest BCUT2D eigenvalue weighted by atomic mass is 35.5. The number of hydrogen-bond donors (Lipinski definition) is 1. The van der Waals surface area contributed by atoms with Gasteiger partial charge in [0.25, 0.3) is 10.0 Å². The number of aryl methyl sites for hydroxylation is 1. The van der Waals surface area contributed by atoms with E-state index in [0.29, 0.717) is 22.0 Å². The Morgan fingerprint density at radius 2 is 1.64 bits per heavy atom. The highest BCUT2D eigenvalue weighted by Gasteiger charge is 2.33. The van der Waals surface area contributed by atoms with E-state index in [1.165, 1.54) is 37.3 Å². The number of ether oxygens (including phenoxy) is 2. The third-order valence-electron chi connectivity index (χ3n) is 7.90. The molecule has 1 atom stereocenters. The minimum absolute atomic E-state index is 0.0521. The molecule has 1 fully saturated rings. The van der Waals surface area contributed by atoms with Crippen molar-refractivity contribution < 1.29 is 27.5 Å². The number of halogens is 1. The first-order valence-corrected chi connectivity index (χ1v) is 16.5. The molecule has 1 aliphatic carbocycles. The summed E-state index contributed by atoms with van der Waals surface area (Å²) < 4.78 is 40.0. The van der Waals surface area contributed by atoms with Crippen LogP contribution >= 0.6 is 11.6 Å². The Balaban J connectivity index is 1.70. The van der Waals surface area contributed by atoms with E-state index in [9.17, 15) is 18.0 Å². The smallest absolute Gasteiger partial charge is 0.264 e. The lowest BCUT2D eigenvalue weighted by molar-refractivity contribution is -0.139. The molecule has 44 heavy (non-hydrogen) atoms. The van der Waals surface area contributed by atoms with Crippen molar-refractivity contribution in [2.75, 3.05) is 25.1 Å². The van der Waals surface area contributed by atoms with Crippen LogP contribution in [0.1, 0.15) is 50.2 Å². The molecule has 0 aliphatic heterocycles. The van der Waals surface area contributed by atoms with Crippen LogP contribution in [0.2, 0.25) is 5.02 Å². The number of sulfonamides is 1. The third kappa shape index (κ3) is 8.04. The van der Waals surface area contributed by atoms with Crippen LogP contribution in [0.5, 0.6) is 11.5 Å². The molecule has 2 amide bonds. The van der Waals surface area contributed by atoms with Crippen LogP contribution in [0, 0.1) is 6.92 Å². The van der Waals surface area contributed by atoms with Crippen molar-refractivity contribution in [2.45, 2.75) is 69.5 Å². The van der Waals surface area contributed by atoms with Crippen LogP contribution in [0.4, 0.5) is 5.69 Å². The summed E-state index contributed by atoms with van der Waals surface area (Å²) in [6.07, 6.45) is 5.02. The Hall–Kier alpha value is -3.76. The minimum Gasteiger partial charge on any atom is -0.493 e. The molecule has 9 nitrogen and oxygen atoms in total. The van der Waals surface area contributed by atoms with E-state index in [1.807, 2.05) is 13.0 Å². The number of methoxy groups -OCH3 is 2. The molecule has 0 aromatic heterocycles. The van der Waals surface area contributed by atoms with E-state index >= 15 is 0 Å². The van der Waals surface area contributed by atoms with E-state index < -0.39 is 28.5 Å². The van der Waals surface area contributed by atoms with Crippen LogP contribution in [-0.4, -0.2) is 58.0 Å². The van der Waals surface area contributed by atoms with Crippen LogP contribution < -0.4 is 19.1 Å². The van der Waals surface area contributed by atoms with Gasteiger partial charge in [-0.3, -0.25) is 13.9 Å². The van der Waals surface area contributed by atoms with Gasteiger partial charge >= 0.3 is 0 Å². The summed E-state index contributed by atoms with van der Waals surface area (Å²) in [5.74, 6) is -0.216. The quantitative estimate of drug-likeness (QED) is 0.271. The number of hydrogen-bond acceptors (Lipinski definition) is 6. The molecule has 0 saturated heterocycles. The second kappa shape index (κ2) is 14.8. The maximum Gasteiger partial charge on any atom is 0.264 e. The fourth-order valence-electron chi connectivity index (χ4n) is 5.33. The fourth-order valence-corrected chi connectivity index (χ4v) is 6.97. The van der Waals surface area contributed by atoms with E-state index in [4.69, 9.17) is 21.1 Å².